The highest BCUT2D eigenvalue weighted by Gasteiger charge is 2.23. The van der Waals surface area contributed by atoms with Crippen LogP contribution in [-0.4, -0.2) is 45.1 Å². The van der Waals surface area contributed by atoms with Crippen molar-refractivity contribution in [3.63, 3.8) is 0 Å². The van der Waals surface area contributed by atoms with E-state index in [2.05, 4.69) is 30.9 Å². The average molecular weight is 468 g/mol. The first-order chi connectivity index (χ1) is 16.0. The summed E-state index contributed by atoms with van der Waals surface area (Å²) in [6.45, 7) is 4.62. The summed E-state index contributed by atoms with van der Waals surface area (Å²) in [5, 5.41) is 12.9. The zero-order valence-electron chi connectivity index (χ0n) is 19.9. The highest BCUT2D eigenvalue weighted by molar-refractivity contribution is 7.98. The van der Waals surface area contributed by atoms with Gasteiger partial charge >= 0.3 is 0 Å². The quantitative estimate of drug-likeness (QED) is 0.358. The molecule has 1 N–H and O–H groups in total. The van der Waals surface area contributed by atoms with Crippen LogP contribution in [0.2, 0.25) is 0 Å². The number of carbonyl (C=O) groups is 1. The third-order valence-electron chi connectivity index (χ3n) is 6.48. The van der Waals surface area contributed by atoms with Gasteiger partial charge in [-0.2, -0.15) is 0 Å². The minimum absolute atomic E-state index is 0.0371. The van der Waals surface area contributed by atoms with Gasteiger partial charge in [0.1, 0.15) is 11.6 Å². The first-order valence-electron chi connectivity index (χ1n) is 11.6. The van der Waals surface area contributed by atoms with Crippen molar-refractivity contribution in [2.45, 2.75) is 63.6 Å². The van der Waals surface area contributed by atoms with E-state index in [9.17, 15) is 4.79 Å². The summed E-state index contributed by atoms with van der Waals surface area (Å²) in [5.74, 6) is 1.82. The molecule has 8 heteroatoms. The second-order valence-corrected chi connectivity index (χ2v) is 9.36. The Labute approximate surface area is 199 Å². The van der Waals surface area contributed by atoms with Gasteiger partial charge in [0.05, 0.1) is 12.7 Å². The minimum Gasteiger partial charge on any atom is -0.497 e. The molecule has 1 amide bonds. The van der Waals surface area contributed by atoms with Crippen molar-refractivity contribution in [2.24, 2.45) is 0 Å². The molecule has 2 heterocycles. The van der Waals surface area contributed by atoms with Gasteiger partial charge in [0.25, 0.3) is 5.91 Å². The van der Waals surface area contributed by atoms with Crippen molar-refractivity contribution < 1.29 is 9.53 Å². The van der Waals surface area contributed by atoms with Gasteiger partial charge in [0.15, 0.2) is 5.16 Å². The number of rotatable bonds is 9. The number of amides is 1. The molecule has 0 saturated heterocycles. The molecule has 1 aliphatic carbocycles. The number of methoxy groups -OCH3 is 1. The molecule has 0 aliphatic heterocycles. The van der Waals surface area contributed by atoms with Crippen molar-refractivity contribution in [3.8, 4) is 11.4 Å². The Balaban J connectivity index is 1.38. The minimum atomic E-state index is -0.0371. The lowest BCUT2D eigenvalue weighted by Gasteiger charge is -2.16. The summed E-state index contributed by atoms with van der Waals surface area (Å²) in [7, 11) is 1.66. The van der Waals surface area contributed by atoms with Gasteiger partial charge < -0.3 is 19.2 Å². The number of ether oxygens (including phenoxy) is 1. The largest absolute Gasteiger partial charge is 0.497 e. The summed E-state index contributed by atoms with van der Waals surface area (Å²) in [5.41, 5.74) is 3.68. The van der Waals surface area contributed by atoms with Gasteiger partial charge in [0, 0.05) is 36.1 Å². The molecule has 176 valence electrons. The lowest BCUT2D eigenvalue weighted by atomic mass is 10.2. The highest BCUT2D eigenvalue weighted by Crippen LogP contribution is 2.33. The SMILES string of the molecule is COc1ccc(-n2c(C)cc(C(=O)NCCCc3nnc(SC)n3C3CCCC3)c2C)cc1. The van der Waals surface area contributed by atoms with Gasteiger partial charge in [-0.1, -0.05) is 24.6 Å². The molecule has 0 bridgehead atoms. The Morgan fingerprint density at radius 2 is 1.91 bits per heavy atom. The Morgan fingerprint density at radius 1 is 1.18 bits per heavy atom. The summed E-state index contributed by atoms with van der Waals surface area (Å²) < 4.78 is 9.69. The maximum absolute atomic E-state index is 12.9. The normalized spacial score (nSPS) is 14.1. The first kappa shape index (κ1) is 23.4. The molecular weight excluding hydrogens is 434 g/mol. The Morgan fingerprint density at radius 3 is 2.58 bits per heavy atom. The van der Waals surface area contributed by atoms with Gasteiger partial charge in [-0.05, 0) is 69.7 Å². The van der Waals surface area contributed by atoms with Crippen LogP contribution in [0.4, 0.5) is 0 Å². The number of thioether (sulfide) groups is 1. The molecule has 2 aromatic heterocycles. The van der Waals surface area contributed by atoms with E-state index in [1.165, 1.54) is 25.7 Å². The van der Waals surface area contributed by atoms with Crippen LogP contribution < -0.4 is 10.1 Å². The number of hydrogen-bond donors (Lipinski definition) is 1. The predicted octanol–water partition coefficient (Wildman–Crippen LogP) is 4.89. The molecule has 1 saturated carbocycles. The summed E-state index contributed by atoms with van der Waals surface area (Å²) in [4.78, 5) is 12.9. The van der Waals surface area contributed by atoms with Gasteiger partial charge in [0.2, 0.25) is 0 Å². The lowest BCUT2D eigenvalue weighted by molar-refractivity contribution is 0.0952. The number of nitrogens with one attached hydrogen (secondary N) is 1. The number of carbonyl (C=O) groups excluding carboxylic acids is 1. The fourth-order valence-corrected chi connectivity index (χ4v) is 5.38. The van der Waals surface area contributed by atoms with Crippen LogP contribution >= 0.6 is 11.8 Å². The average Bonchev–Trinajstić information content (AvgIpc) is 3.55. The molecule has 33 heavy (non-hydrogen) atoms. The smallest absolute Gasteiger partial charge is 0.253 e. The van der Waals surface area contributed by atoms with Crippen LogP contribution in [-0.2, 0) is 6.42 Å². The first-order valence-corrected chi connectivity index (χ1v) is 12.8. The molecule has 0 atom stereocenters. The topological polar surface area (TPSA) is 74.0 Å². The monoisotopic (exact) mass is 467 g/mol. The third-order valence-corrected chi connectivity index (χ3v) is 7.12. The third kappa shape index (κ3) is 4.95. The van der Waals surface area contributed by atoms with Crippen LogP contribution in [0.25, 0.3) is 5.69 Å². The number of aromatic nitrogens is 4. The molecule has 0 spiro atoms. The van der Waals surface area contributed by atoms with E-state index < -0.39 is 0 Å². The summed E-state index contributed by atoms with van der Waals surface area (Å²) in [6.07, 6.45) is 8.68. The van der Waals surface area contributed by atoms with Crippen LogP contribution in [0.3, 0.4) is 0 Å². The van der Waals surface area contributed by atoms with Crippen molar-refractivity contribution in [1.82, 2.24) is 24.6 Å². The number of aryl methyl sites for hydroxylation is 2. The lowest BCUT2D eigenvalue weighted by Crippen LogP contribution is -2.25. The second kappa shape index (κ2) is 10.5. The predicted molar refractivity (Wildman–Crippen MR) is 132 cm³/mol. The van der Waals surface area contributed by atoms with E-state index >= 15 is 0 Å². The van der Waals surface area contributed by atoms with Crippen molar-refractivity contribution in [1.29, 1.82) is 0 Å². The van der Waals surface area contributed by atoms with E-state index in [4.69, 9.17) is 4.74 Å². The molecule has 1 fully saturated rings. The zero-order valence-corrected chi connectivity index (χ0v) is 20.7. The molecule has 1 aromatic carbocycles. The number of benzene rings is 1. The van der Waals surface area contributed by atoms with Crippen molar-refractivity contribution >= 4 is 17.7 Å². The standard InChI is InChI=1S/C25H33N5O2S/c1-17-16-22(18(2)29(17)20-11-13-21(32-3)14-12-20)24(31)26-15-7-10-23-27-28-25(33-4)30(23)19-8-5-6-9-19/h11-14,16,19H,5-10,15H2,1-4H3,(H,26,31). The number of hydrogen-bond acceptors (Lipinski definition) is 5. The molecule has 0 radical (unpaired) electrons. The number of nitrogens with zero attached hydrogens (tertiary/aromatic N) is 4. The van der Waals surface area contributed by atoms with Gasteiger partial charge in [-0.3, -0.25) is 4.79 Å². The van der Waals surface area contributed by atoms with E-state index in [1.54, 1.807) is 18.9 Å². The van der Waals surface area contributed by atoms with Gasteiger partial charge in [-0.25, -0.2) is 0 Å². The molecule has 4 rings (SSSR count). The molecule has 7 nitrogen and oxygen atoms in total. The maximum atomic E-state index is 12.9. The maximum Gasteiger partial charge on any atom is 0.253 e. The van der Waals surface area contributed by atoms with Gasteiger partial charge in [-0.15, -0.1) is 10.2 Å². The van der Waals surface area contributed by atoms with Crippen LogP contribution in [0.15, 0.2) is 35.5 Å². The van der Waals surface area contributed by atoms with Crippen LogP contribution in [0.5, 0.6) is 5.75 Å². The fraction of sp³-hybridized carbons (Fsp3) is 0.480. The van der Waals surface area contributed by atoms with E-state index in [0.29, 0.717) is 18.2 Å². The van der Waals surface area contributed by atoms with Crippen LogP contribution in [0, 0.1) is 13.8 Å². The second-order valence-electron chi connectivity index (χ2n) is 8.59. The van der Waals surface area contributed by atoms with E-state index in [1.807, 2.05) is 44.2 Å². The van der Waals surface area contributed by atoms with Crippen LogP contribution in [0.1, 0.15) is 65.7 Å². The fourth-order valence-electron chi connectivity index (χ4n) is 4.81. The van der Waals surface area contributed by atoms with Crippen molar-refractivity contribution in [2.75, 3.05) is 19.9 Å². The van der Waals surface area contributed by atoms with E-state index in [-0.39, 0.29) is 5.91 Å². The summed E-state index contributed by atoms with van der Waals surface area (Å²) in [6, 6.07) is 10.3. The molecule has 0 unspecified atom stereocenters. The summed E-state index contributed by atoms with van der Waals surface area (Å²) >= 11 is 1.66. The Bertz CT molecular complexity index is 1100. The molecular formula is C25H33N5O2S. The Kier molecular flexibility index (Phi) is 7.42. The highest BCUT2D eigenvalue weighted by atomic mass is 32.2. The zero-order chi connectivity index (χ0) is 23.4. The molecule has 1 aliphatic rings. The molecule has 3 aromatic rings. The van der Waals surface area contributed by atoms with Crippen molar-refractivity contribution in [3.05, 3.63) is 53.1 Å². The van der Waals surface area contributed by atoms with E-state index in [0.717, 1.165) is 46.6 Å². The Hall–Kier alpha value is -2.74.